The van der Waals surface area contributed by atoms with Gasteiger partial charge in [-0.05, 0) is 109 Å². The summed E-state index contributed by atoms with van der Waals surface area (Å²) in [4.78, 5) is 120. The van der Waals surface area contributed by atoms with Crippen LogP contribution in [0.2, 0.25) is 0 Å². The molecule has 0 aromatic carbocycles. The zero-order valence-corrected chi connectivity index (χ0v) is 48.2. The summed E-state index contributed by atoms with van der Waals surface area (Å²) in [7, 11) is 0. The fourth-order valence-electron chi connectivity index (χ4n) is 8.62. The predicted molar refractivity (Wildman–Crippen MR) is 273 cm³/mol. The number of esters is 4. The second-order valence-corrected chi connectivity index (χ2v) is 23.2. The van der Waals surface area contributed by atoms with E-state index in [0.29, 0.717) is 6.42 Å². The Labute approximate surface area is 456 Å². The molecule has 3 rings (SSSR count). The zero-order valence-electron chi connectivity index (χ0n) is 48.2. The molecule has 78 heavy (non-hydrogen) atoms. The third-order valence-corrected chi connectivity index (χ3v) is 11.3. The van der Waals surface area contributed by atoms with E-state index in [1.165, 1.54) is 0 Å². The Morgan fingerprint density at radius 2 is 0.974 bits per heavy atom. The summed E-state index contributed by atoms with van der Waals surface area (Å²) in [5.74, 6) is -4.52. The SMILES string of the molecule is CCC1O[C@@H](O[C@H]2C(OC(C)=O)C(O[C@@H]3OC(CN)CCC3NC(=O)OC(C)(C)C)[C@@H](NC(=O)OC(C)(C)C)C[C@H]2NC(=O)[C@H](CCNC(=O)OC(C)(C)C)OC(C)=O)C(OC(C)=O)[C@@H](NC(=O)OC(C)(C)C)[C@H]1OC(C)=O. The van der Waals surface area contributed by atoms with Gasteiger partial charge in [-0.3, -0.25) is 24.0 Å². The van der Waals surface area contributed by atoms with Gasteiger partial charge in [-0.25, -0.2) is 19.2 Å². The van der Waals surface area contributed by atoms with Crippen LogP contribution in [0.25, 0.3) is 0 Å². The van der Waals surface area contributed by atoms with Crippen molar-refractivity contribution in [2.75, 3.05) is 13.1 Å². The van der Waals surface area contributed by atoms with Crippen LogP contribution in [0.15, 0.2) is 0 Å². The van der Waals surface area contributed by atoms with E-state index in [-0.39, 0.29) is 32.4 Å². The van der Waals surface area contributed by atoms with Crippen molar-refractivity contribution in [2.45, 2.75) is 258 Å². The van der Waals surface area contributed by atoms with E-state index >= 15 is 0 Å². The summed E-state index contributed by atoms with van der Waals surface area (Å²) in [6.45, 7) is 25.4. The second kappa shape index (κ2) is 28.4. The Bertz CT molecular complexity index is 2080. The molecule has 5 amide bonds. The van der Waals surface area contributed by atoms with Gasteiger partial charge in [0.25, 0.3) is 5.91 Å². The smallest absolute Gasteiger partial charge is 0.408 e. The van der Waals surface area contributed by atoms with Crippen molar-refractivity contribution >= 4 is 54.2 Å². The summed E-state index contributed by atoms with van der Waals surface area (Å²) in [5, 5.41) is 13.5. The molecule has 14 atom stereocenters. The van der Waals surface area contributed by atoms with Crippen molar-refractivity contribution < 1.29 is 100.0 Å². The predicted octanol–water partition coefficient (Wildman–Crippen LogP) is 3.57. The van der Waals surface area contributed by atoms with Crippen LogP contribution in [0.3, 0.4) is 0 Å². The van der Waals surface area contributed by atoms with Gasteiger partial charge >= 0.3 is 48.3 Å². The van der Waals surface area contributed by atoms with E-state index in [4.69, 9.17) is 62.6 Å². The summed E-state index contributed by atoms with van der Waals surface area (Å²) < 4.78 is 71.7. The fraction of sp³-hybridized carbons (Fsp3) is 0.824. The number of ether oxygens (including phenoxy) is 12. The molecule has 27 nitrogen and oxygen atoms in total. The first-order chi connectivity index (χ1) is 35.9. The minimum atomic E-state index is -1.81. The van der Waals surface area contributed by atoms with Crippen molar-refractivity contribution in [1.82, 2.24) is 26.6 Å². The summed E-state index contributed by atoms with van der Waals surface area (Å²) in [6, 6.07) is -5.22. The maximum atomic E-state index is 14.7. The molecule has 2 aliphatic heterocycles. The second-order valence-electron chi connectivity index (χ2n) is 23.2. The van der Waals surface area contributed by atoms with Gasteiger partial charge in [0, 0.05) is 47.2 Å². The first-order valence-electron chi connectivity index (χ1n) is 26.1. The van der Waals surface area contributed by atoms with Crippen LogP contribution in [0, 0.1) is 0 Å². The molecule has 3 aliphatic rings. The number of amides is 5. The van der Waals surface area contributed by atoms with Crippen molar-refractivity contribution in [3.63, 3.8) is 0 Å². The van der Waals surface area contributed by atoms with Gasteiger partial charge in [0.1, 0.15) is 40.7 Å². The molecule has 3 fully saturated rings. The molecule has 2 saturated heterocycles. The van der Waals surface area contributed by atoms with Crippen LogP contribution >= 0.6 is 0 Å². The van der Waals surface area contributed by atoms with E-state index in [9.17, 15) is 43.2 Å². The molecule has 0 radical (unpaired) electrons. The molecule has 6 unspecified atom stereocenters. The van der Waals surface area contributed by atoms with Crippen LogP contribution in [-0.2, 0) is 80.8 Å². The maximum absolute atomic E-state index is 14.7. The molecular formula is C51H86N6O21. The van der Waals surface area contributed by atoms with E-state index < -0.39 is 169 Å². The molecule has 0 spiro atoms. The van der Waals surface area contributed by atoms with Crippen LogP contribution in [-0.4, -0.2) is 175 Å². The number of hydrogen-bond donors (Lipinski definition) is 6. The van der Waals surface area contributed by atoms with Crippen LogP contribution < -0.4 is 32.3 Å². The standard InChI is InChI=1S/C51H86N6O21/c1-18-33-38(68-26(3)59)35(57-47(66)78-51(15,16)17)39(69-27(4)60)43(72-33)74-36-31(54-41(62)34(67-25(2)58)21-22-53-44(63)75-48(6,7)8)23-32(56-46(65)77-50(12,13)14)37(40(36)70-28(5)61)73-42-30(20-19-29(24-52)71-42)55-45(64)76-49(9,10)11/h29-40,42-43H,18-24,52H2,1-17H3,(H,53,63)(H,54,62)(H,55,64)(H,56,65)(H,57,66)/t29?,30?,31-,32+,33?,34+,35+,36-,37?,38+,39?,40?,42+,43+/m1/s1. The Morgan fingerprint density at radius 3 is 1.45 bits per heavy atom. The van der Waals surface area contributed by atoms with Crippen molar-refractivity contribution in [3.8, 4) is 0 Å². The third kappa shape index (κ3) is 22.9. The molecule has 7 N–H and O–H groups in total. The molecule has 446 valence electrons. The summed E-state index contributed by atoms with van der Waals surface area (Å²) in [6.07, 6.45) is -18.4. The number of rotatable bonds is 18. The highest BCUT2D eigenvalue weighted by molar-refractivity contribution is 5.84. The van der Waals surface area contributed by atoms with Gasteiger partial charge in [-0.2, -0.15) is 0 Å². The number of hydrogen-bond acceptors (Lipinski definition) is 22. The average molecular weight is 1120 g/mol. The zero-order chi connectivity index (χ0) is 59.2. The van der Waals surface area contributed by atoms with Gasteiger partial charge < -0.3 is 89.2 Å². The van der Waals surface area contributed by atoms with Gasteiger partial charge in [-0.15, -0.1) is 0 Å². The van der Waals surface area contributed by atoms with Gasteiger partial charge in [0.15, 0.2) is 37.0 Å². The summed E-state index contributed by atoms with van der Waals surface area (Å²) >= 11 is 0. The first kappa shape index (κ1) is 66.5. The van der Waals surface area contributed by atoms with E-state index in [2.05, 4.69) is 26.6 Å². The van der Waals surface area contributed by atoms with Gasteiger partial charge in [-0.1, -0.05) is 6.92 Å². The molecule has 0 bridgehead atoms. The Kier molecular flexibility index (Phi) is 24.2. The quantitative estimate of drug-likeness (QED) is 0.0844. The Morgan fingerprint density at radius 1 is 0.526 bits per heavy atom. The van der Waals surface area contributed by atoms with Crippen LogP contribution in [0.1, 0.15) is 150 Å². The molecule has 2 heterocycles. The minimum absolute atomic E-state index is 0.00919. The third-order valence-electron chi connectivity index (χ3n) is 11.3. The van der Waals surface area contributed by atoms with E-state index in [1.54, 1.807) is 90.0 Å². The number of nitrogens with two attached hydrogens (primary N) is 1. The fourth-order valence-corrected chi connectivity index (χ4v) is 8.62. The van der Waals surface area contributed by atoms with Crippen molar-refractivity contribution in [3.05, 3.63) is 0 Å². The topological polar surface area (TPSA) is 351 Å². The molecule has 1 saturated carbocycles. The lowest BCUT2D eigenvalue weighted by Gasteiger charge is -2.51. The lowest BCUT2D eigenvalue weighted by molar-refractivity contribution is -0.317. The molecule has 0 aromatic rings. The van der Waals surface area contributed by atoms with E-state index in [0.717, 1.165) is 27.7 Å². The minimum Gasteiger partial charge on any atom is -0.457 e. The van der Waals surface area contributed by atoms with Gasteiger partial charge in [0.2, 0.25) is 0 Å². The highest BCUT2D eigenvalue weighted by Gasteiger charge is 2.57. The highest BCUT2D eigenvalue weighted by Crippen LogP contribution is 2.37. The molecule has 1 aliphatic carbocycles. The normalized spacial score (nSPS) is 27.9. The molecular weight excluding hydrogens is 1030 g/mol. The average Bonchev–Trinajstić information content (AvgIpc) is 3.24. The van der Waals surface area contributed by atoms with E-state index in [1.807, 2.05) is 0 Å². The monoisotopic (exact) mass is 1120 g/mol. The lowest BCUT2D eigenvalue weighted by Crippen LogP contribution is -2.71. The Hall–Kier alpha value is -5.77. The van der Waals surface area contributed by atoms with Crippen molar-refractivity contribution in [2.24, 2.45) is 5.73 Å². The largest absolute Gasteiger partial charge is 0.457 e. The van der Waals surface area contributed by atoms with Crippen molar-refractivity contribution in [1.29, 1.82) is 0 Å². The Balaban J connectivity index is 2.38. The number of alkyl carbamates (subject to hydrolysis) is 4. The number of nitrogens with one attached hydrogen (secondary N) is 5. The first-order valence-corrected chi connectivity index (χ1v) is 26.1. The van der Waals surface area contributed by atoms with Gasteiger partial charge in [0.05, 0.1) is 30.3 Å². The highest BCUT2D eigenvalue weighted by atomic mass is 16.7. The summed E-state index contributed by atoms with van der Waals surface area (Å²) in [5.41, 5.74) is 2.20. The number of carbonyl (C=O) groups excluding carboxylic acids is 9. The van der Waals surface area contributed by atoms with Crippen LogP contribution in [0.4, 0.5) is 19.2 Å². The van der Waals surface area contributed by atoms with Crippen LogP contribution in [0.5, 0.6) is 0 Å². The molecule has 0 aromatic heterocycles. The lowest BCUT2D eigenvalue weighted by atomic mass is 9.82. The maximum Gasteiger partial charge on any atom is 0.408 e. The molecule has 27 heteroatoms. The number of carbonyl (C=O) groups is 9.